The van der Waals surface area contributed by atoms with Gasteiger partial charge in [-0.05, 0) is 24.3 Å². The van der Waals surface area contributed by atoms with Crippen LogP contribution in [0.15, 0.2) is 36.0 Å². The number of thioether (sulfide) groups is 1. The van der Waals surface area contributed by atoms with Gasteiger partial charge in [-0.15, -0.1) is 0 Å². The zero-order chi connectivity index (χ0) is 10.7. The maximum Gasteiger partial charge on any atom is 0.214 e. The summed E-state index contributed by atoms with van der Waals surface area (Å²) < 4.78 is 5.06. The third-order valence-electron chi connectivity index (χ3n) is 2.06. The van der Waals surface area contributed by atoms with E-state index in [1.165, 1.54) is 11.8 Å². The van der Waals surface area contributed by atoms with Crippen molar-refractivity contribution in [2.75, 3.05) is 18.2 Å². The summed E-state index contributed by atoms with van der Waals surface area (Å²) in [6.07, 6.45) is 1.63. The van der Waals surface area contributed by atoms with E-state index in [0.29, 0.717) is 0 Å². The molecule has 1 aliphatic heterocycles. The number of methoxy groups -OCH3 is 1. The topological polar surface area (TPSA) is 38.3 Å². The number of carbonyl (C=O) groups is 1. The molecule has 1 aromatic carbocycles. The Morgan fingerprint density at radius 1 is 1.33 bits per heavy atom. The number of rotatable bonds is 3. The van der Waals surface area contributed by atoms with Crippen LogP contribution in [0.3, 0.4) is 0 Å². The van der Waals surface area contributed by atoms with Crippen LogP contribution in [0.1, 0.15) is 0 Å². The smallest absolute Gasteiger partial charge is 0.214 e. The predicted octanol–water partition coefficient (Wildman–Crippen LogP) is 2.26. The number of hydrogen-bond donors (Lipinski definition) is 1. The Morgan fingerprint density at radius 2 is 2.07 bits per heavy atom. The molecule has 1 aliphatic rings. The predicted molar refractivity (Wildman–Crippen MR) is 62.2 cm³/mol. The van der Waals surface area contributed by atoms with Gasteiger partial charge in [-0.2, -0.15) is 0 Å². The molecular weight excluding hydrogens is 210 g/mol. The van der Waals surface area contributed by atoms with E-state index in [0.717, 1.165) is 22.9 Å². The Balaban J connectivity index is 2.05. The number of benzene rings is 1. The molecule has 0 radical (unpaired) electrons. The fraction of sp³-hybridized carbons (Fsp3) is 0.182. The molecule has 1 aromatic rings. The van der Waals surface area contributed by atoms with Gasteiger partial charge in [0.25, 0.3) is 0 Å². The van der Waals surface area contributed by atoms with Gasteiger partial charge in [-0.3, -0.25) is 4.79 Å². The Morgan fingerprint density at radius 3 is 2.60 bits per heavy atom. The summed E-state index contributed by atoms with van der Waals surface area (Å²) in [6.45, 7) is 0. The van der Waals surface area contributed by atoms with Crippen LogP contribution in [0.2, 0.25) is 0 Å². The van der Waals surface area contributed by atoms with Crippen molar-refractivity contribution < 1.29 is 9.53 Å². The van der Waals surface area contributed by atoms with Crippen LogP contribution < -0.4 is 10.1 Å². The van der Waals surface area contributed by atoms with E-state index in [1.807, 2.05) is 24.3 Å². The average Bonchev–Trinajstić information content (AvgIpc) is 2.65. The van der Waals surface area contributed by atoms with Crippen LogP contribution >= 0.6 is 11.8 Å². The molecule has 1 heterocycles. The first-order chi connectivity index (χ1) is 7.28. The lowest BCUT2D eigenvalue weighted by Crippen LogP contribution is -1.98. The Labute approximate surface area is 92.5 Å². The minimum atomic E-state index is 0.117. The van der Waals surface area contributed by atoms with Crippen LogP contribution in [0.25, 0.3) is 0 Å². The summed E-state index contributed by atoms with van der Waals surface area (Å²) in [5, 5.41) is 3.30. The van der Waals surface area contributed by atoms with Crippen LogP contribution in [0, 0.1) is 0 Å². The lowest BCUT2D eigenvalue weighted by Gasteiger charge is -2.06. The molecule has 0 aliphatic carbocycles. The molecule has 0 saturated carbocycles. The first-order valence-electron chi connectivity index (χ1n) is 4.56. The van der Waals surface area contributed by atoms with Crippen LogP contribution in [0.4, 0.5) is 5.69 Å². The molecule has 0 unspecified atom stereocenters. The molecule has 0 bridgehead atoms. The summed E-state index contributed by atoms with van der Waals surface area (Å²) in [6, 6.07) is 7.61. The minimum absolute atomic E-state index is 0.117. The maximum absolute atomic E-state index is 11.0. The number of ether oxygens (including phenoxy) is 1. The summed E-state index contributed by atoms with van der Waals surface area (Å²) >= 11 is 1.31. The van der Waals surface area contributed by atoms with E-state index < -0.39 is 0 Å². The van der Waals surface area contributed by atoms with Crippen molar-refractivity contribution in [1.82, 2.24) is 0 Å². The Kier molecular flexibility index (Phi) is 2.97. The van der Waals surface area contributed by atoms with Crippen molar-refractivity contribution in [2.45, 2.75) is 0 Å². The fourth-order valence-corrected chi connectivity index (χ4v) is 1.99. The highest BCUT2D eigenvalue weighted by molar-refractivity contribution is 8.14. The van der Waals surface area contributed by atoms with Gasteiger partial charge in [0.2, 0.25) is 5.12 Å². The van der Waals surface area contributed by atoms with E-state index in [2.05, 4.69) is 5.32 Å². The lowest BCUT2D eigenvalue weighted by molar-refractivity contribution is -0.106. The number of carbonyl (C=O) groups excluding carboxylic acids is 1. The third-order valence-corrected chi connectivity index (χ3v) is 2.91. The summed E-state index contributed by atoms with van der Waals surface area (Å²) in [5.74, 6) is 1.55. The molecule has 1 N–H and O–H groups in total. The first-order valence-corrected chi connectivity index (χ1v) is 5.55. The largest absolute Gasteiger partial charge is 0.497 e. The molecule has 15 heavy (non-hydrogen) atoms. The van der Waals surface area contributed by atoms with Gasteiger partial charge in [-0.25, -0.2) is 0 Å². The SMILES string of the molecule is COc1ccc(NC2=CC(=O)SC2)cc1. The maximum atomic E-state index is 11.0. The quantitative estimate of drug-likeness (QED) is 0.849. The molecule has 0 aromatic heterocycles. The summed E-state index contributed by atoms with van der Waals surface area (Å²) in [4.78, 5) is 11.0. The van der Waals surface area contributed by atoms with Gasteiger partial charge in [0.15, 0.2) is 0 Å². The third kappa shape index (κ3) is 2.53. The van der Waals surface area contributed by atoms with Crippen molar-refractivity contribution >= 4 is 22.6 Å². The molecular formula is C11H11NO2S. The Hall–Kier alpha value is -1.42. The molecule has 0 spiro atoms. The van der Waals surface area contributed by atoms with Crippen molar-refractivity contribution in [2.24, 2.45) is 0 Å². The number of nitrogens with one attached hydrogen (secondary N) is 1. The molecule has 0 saturated heterocycles. The highest BCUT2D eigenvalue weighted by atomic mass is 32.2. The second-order valence-electron chi connectivity index (χ2n) is 3.13. The van der Waals surface area contributed by atoms with E-state index >= 15 is 0 Å². The molecule has 3 nitrogen and oxygen atoms in total. The highest BCUT2D eigenvalue weighted by Crippen LogP contribution is 2.22. The second-order valence-corrected chi connectivity index (χ2v) is 4.11. The van der Waals surface area contributed by atoms with Gasteiger partial charge in [0.1, 0.15) is 5.75 Å². The molecule has 0 atom stereocenters. The van der Waals surface area contributed by atoms with Crippen LogP contribution in [0.5, 0.6) is 5.75 Å². The van der Waals surface area contributed by atoms with Gasteiger partial charge >= 0.3 is 0 Å². The highest BCUT2D eigenvalue weighted by Gasteiger charge is 2.12. The first kappa shape index (κ1) is 10.1. The van der Waals surface area contributed by atoms with Gasteiger partial charge in [-0.1, -0.05) is 11.8 Å². The van der Waals surface area contributed by atoms with Crippen molar-refractivity contribution in [3.8, 4) is 5.75 Å². The average molecular weight is 221 g/mol. The number of hydrogen-bond acceptors (Lipinski definition) is 4. The minimum Gasteiger partial charge on any atom is -0.497 e. The Bertz CT molecular complexity index is 398. The van der Waals surface area contributed by atoms with Crippen molar-refractivity contribution in [1.29, 1.82) is 0 Å². The molecule has 78 valence electrons. The van der Waals surface area contributed by atoms with Crippen LogP contribution in [-0.2, 0) is 4.79 Å². The molecule has 4 heteroatoms. The normalized spacial score (nSPS) is 15.0. The fourth-order valence-electron chi connectivity index (χ4n) is 1.31. The van der Waals surface area contributed by atoms with E-state index in [4.69, 9.17) is 4.74 Å². The van der Waals surface area contributed by atoms with Gasteiger partial charge in [0, 0.05) is 23.2 Å². The van der Waals surface area contributed by atoms with E-state index in [9.17, 15) is 4.79 Å². The molecule has 0 amide bonds. The second kappa shape index (κ2) is 4.40. The monoisotopic (exact) mass is 221 g/mol. The standard InChI is InChI=1S/C11H11NO2S/c1-14-10-4-2-8(3-5-10)12-9-6-11(13)15-7-9/h2-6,12H,7H2,1H3. The van der Waals surface area contributed by atoms with Crippen molar-refractivity contribution in [3.05, 3.63) is 36.0 Å². The van der Waals surface area contributed by atoms with E-state index in [-0.39, 0.29) is 5.12 Å². The zero-order valence-electron chi connectivity index (χ0n) is 8.32. The zero-order valence-corrected chi connectivity index (χ0v) is 9.14. The summed E-state index contributed by atoms with van der Waals surface area (Å²) in [7, 11) is 1.64. The summed E-state index contributed by atoms with van der Waals surface area (Å²) in [5.41, 5.74) is 1.92. The number of anilines is 1. The van der Waals surface area contributed by atoms with Crippen LogP contribution in [-0.4, -0.2) is 18.0 Å². The van der Waals surface area contributed by atoms with E-state index in [1.54, 1.807) is 13.2 Å². The molecule has 0 fully saturated rings. The lowest BCUT2D eigenvalue weighted by atomic mass is 10.3. The van der Waals surface area contributed by atoms with Crippen molar-refractivity contribution in [3.63, 3.8) is 0 Å². The molecule has 2 rings (SSSR count). The van der Waals surface area contributed by atoms with Gasteiger partial charge < -0.3 is 10.1 Å². The van der Waals surface area contributed by atoms with Gasteiger partial charge in [0.05, 0.1) is 7.11 Å².